The van der Waals surface area contributed by atoms with E-state index in [4.69, 9.17) is 0 Å². The molecule has 0 aliphatic rings. The van der Waals surface area contributed by atoms with Crippen molar-refractivity contribution in [2.45, 2.75) is 32.0 Å². The van der Waals surface area contributed by atoms with Crippen molar-refractivity contribution in [1.82, 2.24) is 20.1 Å². The van der Waals surface area contributed by atoms with Crippen LogP contribution in [0.4, 0.5) is 11.4 Å². The number of aryl methyl sites for hydroxylation is 1. The van der Waals surface area contributed by atoms with Gasteiger partial charge in [0.15, 0.2) is 11.0 Å². The standard InChI is InChI=1S/C23H25BrN6O4S/c1-13(2)20(26-22(32)15-6-5-7-17(11-15)30(33)34)21-27-28-23(29(21)4)35-12-19(31)25-18-9-8-16(24)10-14(18)3/h5-11,13,20H,12H2,1-4H3,(H,25,31)(H,26,32)/t20-/m0/s1. The minimum atomic E-state index is -0.545. The molecule has 1 aromatic heterocycles. The van der Waals surface area contributed by atoms with Crippen molar-refractivity contribution in [2.24, 2.45) is 13.0 Å². The summed E-state index contributed by atoms with van der Waals surface area (Å²) in [5.41, 5.74) is 1.70. The summed E-state index contributed by atoms with van der Waals surface area (Å²) in [4.78, 5) is 35.8. The monoisotopic (exact) mass is 560 g/mol. The fourth-order valence-electron chi connectivity index (χ4n) is 3.32. The van der Waals surface area contributed by atoms with Gasteiger partial charge in [-0.05, 0) is 42.7 Å². The molecule has 12 heteroatoms. The molecule has 2 aromatic carbocycles. The first-order chi connectivity index (χ1) is 16.6. The first kappa shape index (κ1) is 26.4. The van der Waals surface area contributed by atoms with Crippen molar-refractivity contribution in [2.75, 3.05) is 11.1 Å². The Hall–Kier alpha value is -3.25. The predicted molar refractivity (Wildman–Crippen MR) is 137 cm³/mol. The zero-order valence-electron chi connectivity index (χ0n) is 19.6. The number of nitro benzene ring substituents is 1. The maximum atomic E-state index is 12.8. The zero-order chi connectivity index (χ0) is 25.7. The molecule has 0 spiro atoms. The van der Waals surface area contributed by atoms with Gasteiger partial charge in [-0.25, -0.2) is 0 Å². The molecule has 0 saturated heterocycles. The lowest BCUT2D eigenvalue weighted by Crippen LogP contribution is -2.33. The highest BCUT2D eigenvalue weighted by Crippen LogP contribution is 2.25. The summed E-state index contributed by atoms with van der Waals surface area (Å²) in [7, 11) is 1.77. The number of rotatable bonds is 9. The maximum absolute atomic E-state index is 12.8. The van der Waals surface area contributed by atoms with Gasteiger partial charge < -0.3 is 15.2 Å². The van der Waals surface area contributed by atoms with Gasteiger partial charge in [-0.1, -0.05) is 47.6 Å². The van der Waals surface area contributed by atoms with E-state index in [0.717, 1.165) is 15.7 Å². The lowest BCUT2D eigenvalue weighted by Gasteiger charge is -2.21. The molecule has 1 atom stereocenters. The van der Waals surface area contributed by atoms with Crippen LogP contribution in [-0.4, -0.2) is 37.3 Å². The summed E-state index contributed by atoms with van der Waals surface area (Å²) < 4.78 is 2.67. The van der Waals surface area contributed by atoms with Gasteiger partial charge in [-0.2, -0.15) is 0 Å². The van der Waals surface area contributed by atoms with Crippen molar-refractivity contribution in [3.05, 3.63) is 74.0 Å². The van der Waals surface area contributed by atoms with Gasteiger partial charge >= 0.3 is 0 Å². The van der Waals surface area contributed by atoms with E-state index < -0.39 is 16.9 Å². The average molecular weight is 561 g/mol. The Balaban J connectivity index is 1.69. The van der Waals surface area contributed by atoms with Crippen LogP contribution in [0.15, 0.2) is 52.1 Å². The van der Waals surface area contributed by atoms with E-state index in [1.165, 1.54) is 36.0 Å². The van der Waals surface area contributed by atoms with Gasteiger partial charge in [0.1, 0.15) is 0 Å². The number of aromatic nitrogens is 3. The van der Waals surface area contributed by atoms with Crippen molar-refractivity contribution in [3.8, 4) is 0 Å². The van der Waals surface area contributed by atoms with E-state index in [2.05, 4.69) is 36.8 Å². The molecular formula is C23H25BrN6O4S. The third-order valence-electron chi connectivity index (χ3n) is 5.21. The third kappa shape index (κ3) is 6.67. The lowest BCUT2D eigenvalue weighted by atomic mass is 10.0. The highest BCUT2D eigenvalue weighted by Gasteiger charge is 2.26. The second-order valence-corrected chi connectivity index (χ2v) is 10.1. The van der Waals surface area contributed by atoms with E-state index in [9.17, 15) is 19.7 Å². The van der Waals surface area contributed by atoms with Gasteiger partial charge in [0.25, 0.3) is 11.6 Å². The van der Waals surface area contributed by atoms with E-state index in [1.54, 1.807) is 11.6 Å². The molecule has 1 heterocycles. The number of nitrogens with zero attached hydrogens (tertiary/aromatic N) is 4. The molecule has 3 aromatic rings. The molecule has 2 N–H and O–H groups in total. The number of carbonyl (C=O) groups excluding carboxylic acids is 2. The van der Waals surface area contributed by atoms with Gasteiger partial charge in [0, 0.05) is 34.9 Å². The fourth-order valence-corrected chi connectivity index (χ4v) is 4.51. The smallest absolute Gasteiger partial charge is 0.270 e. The first-order valence-corrected chi connectivity index (χ1v) is 12.5. The number of nitro groups is 1. The van der Waals surface area contributed by atoms with E-state index in [-0.39, 0.29) is 28.8 Å². The number of halogens is 1. The number of hydrogen-bond acceptors (Lipinski definition) is 7. The Morgan fingerprint density at radius 2 is 1.94 bits per heavy atom. The molecule has 0 fully saturated rings. The summed E-state index contributed by atoms with van der Waals surface area (Å²) in [6, 6.07) is 10.7. The molecule has 0 aliphatic heterocycles. The highest BCUT2D eigenvalue weighted by molar-refractivity contribution is 9.10. The van der Waals surface area contributed by atoms with Crippen LogP contribution in [0.3, 0.4) is 0 Å². The lowest BCUT2D eigenvalue weighted by molar-refractivity contribution is -0.384. The second-order valence-electron chi connectivity index (χ2n) is 8.20. The van der Waals surface area contributed by atoms with Gasteiger partial charge in [-0.3, -0.25) is 19.7 Å². The topological polar surface area (TPSA) is 132 Å². The van der Waals surface area contributed by atoms with Crippen molar-refractivity contribution >= 4 is 50.9 Å². The van der Waals surface area contributed by atoms with E-state index >= 15 is 0 Å². The molecule has 2 amide bonds. The minimum absolute atomic E-state index is 0.0397. The Bertz CT molecular complexity index is 1260. The van der Waals surface area contributed by atoms with Crippen LogP contribution in [0.25, 0.3) is 0 Å². The molecule has 0 radical (unpaired) electrons. The Labute approximate surface area is 215 Å². The van der Waals surface area contributed by atoms with Crippen LogP contribution in [-0.2, 0) is 11.8 Å². The van der Waals surface area contributed by atoms with Crippen LogP contribution < -0.4 is 10.6 Å². The van der Waals surface area contributed by atoms with E-state index in [1.807, 2.05) is 39.0 Å². The Morgan fingerprint density at radius 3 is 2.60 bits per heavy atom. The summed E-state index contributed by atoms with van der Waals surface area (Å²) in [5.74, 6) is -0.0147. The molecule has 184 valence electrons. The molecule has 35 heavy (non-hydrogen) atoms. The average Bonchev–Trinajstić information content (AvgIpc) is 3.17. The molecule has 3 rings (SSSR count). The Morgan fingerprint density at radius 1 is 1.20 bits per heavy atom. The van der Waals surface area contributed by atoms with Crippen LogP contribution in [0, 0.1) is 23.0 Å². The SMILES string of the molecule is Cc1cc(Br)ccc1NC(=O)CSc1nnc([C@@H](NC(=O)c2cccc([N+](=O)[O-])c2)C(C)C)n1C. The summed E-state index contributed by atoms with van der Waals surface area (Å²) in [6.45, 7) is 5.76. The number of hydrogen-bond donors (Lipinski definition) is 2. The number of carbonyl (C=O) groups is 2. The van der Waals surface area contributed by atoms with Crippen molar-refractivity contribution in [1.29, 1.82) is 0 Å². The van der Waals surface area contributed by atoms with Crippen LogP contribution >= 0.6 is 27.7 Å². The number of nitrogens with one attached hydrogen (secondary N) is 2. The van der Waals surface area contributed by atoms with Crippen molar-refractivity contribution in [3.63, 3.8) is 0 Å². The second kappa shape index (κ2) is 11.5. The molecule has 0 aliphatic carbocycles. The summed E-state index contributed by atoms with van der Waals surface area (Å²) in [5, 5.41) is 25.8. The van der Waals surface area contributed by atoms with Gasteiger partial charge in [0.2, 0.25) is 5.91 Å². The normalized spacial score (nSPS) is 11.8. The summed E-state index contributed by atoms with van der Waals surface area (Å²) >= 11 is 4.64. The number of thioether (sulfide) groups is 1. The van der Waals surface area contributed by atoms with E-state index in [0.29, 0.717) is 11.0 Å². The van der Waals surface area contributed by atoms with Gasteiger partial charge in [-0.15, -0.1) is 10.2 Å². The first-order valence-electron chi connectivity index (χ1n) is 10.7. The molecule has 0 saturated carbocycles. The maximum Gasteiger partial charge on any atom is 0.270 e. The van der Waals surface area contributed by atoms with Crippen LogP contribution in [0.5, 0.6) is 0 Å². The van der Waals surface area contributed by atoms with Crippen molar-refractivity contribution < 1.29 is 14.5 Å². The number of non-ortho nitro benzene ring substituents is 1. The van der Waals surface area contributed by atoms with Crippen LogP contribution in [0.2, 0.25) is 0 Å². The highest BCUT2D eigenvalue weighted by atomic mass is 79.9. The molecule has 0 bridgehead atoms. The van der Waals surface area contributed by atoms with Gasteiger partial charge in [0.05, 0.1) is 16.7 Å². The quantitative estimate of drug-likeness (QED) is 0.221. The third-order valence-corrected chi connectivity index (χ3v) is 6.73. The number of amides is 2. The number of benzene rings is 2. The van der Waals surface area contributed by atoms with Crippen LogP contribution in [0.1, 0.15) is 41.6 Å². The number of anilines is 1. The summed E-state index contributed by atoms with van der Waals surface area (Å²) in [6.07, 6.45) is 0. The molecule has 10 nitrogen and oxygen atoms in total. The largest absolute Gasteiger partial charge is 0.342 e. The molecule has 0 unspecified atom stereocenters. The minimum Gasteiger partial charge on any atom is -0.342 e. The predicted octanol–water partition coefficient (Wildman–Crippen LogP) is 4.65. The Kier molecular flexibility index (Phi) is 8.62. The zero-order valence-corrected chi connectivity index (χ0v) is 22.0. The fraction of sp³-hybridized carbons (Fsp3) is 0.304. The molecular weight excluding hydrogens is 536 g/mol.